The van der Waals surface area contributed by atoms with Gasteiger partial charge in [-0.1, -0.05) is 25.6 Å². The SMILES string of the molecule is CCC(=O)SCCC(F)(F)C(F)C(F)(F)CC. The van der Waals surface area contributed by atoms with Crippen molar-refractivity contribution in [3.8, 4) is 0 Å². The highest BCUT2D eigenvalue weighted by atomic mass is 32.2. The second-order valence-electron chi connectivity index (χ2n) is 3.56. The molecule has 0 fully saturated rings. The highest BCUT2D eigenvalue weighted by Gasteiger charge is 2.54. The first-order valence-electron chi connectivity index (χ1n) is 5.22. The van der Waals surface area contributed by atoms with E-state index in [2.05, 4.69) is 0 Å². The van der Waals surface area contributed by atoms with E-state index in [1.54, 1.807) is 6.92 Å². The average Bonchev–Trinajstić information content (AvgIpc) is 2.27. The zero-order valence-electron chi connectivity index (χ0n) is 9.61. The lowest BCUT2D eigenvalue weighted by Crippen LogP contribution is -2.44. The number of thioether (sulfide) groups is 1. The first-order valence-corrected chi connectivity index (χ1v) is 6.21. The number of carbonyl (C=O) groups excluding carboxylic acids is 1. The molecule has 0 aliphatic heterocycles. The summed E-state index contributed by atoms with van der Waals surface area (Å²) in [5, 5.41) is -0.321. The van der Waals surface area contributed by atoms with E-state index in [1.807, 2.05) is 0 Å². The van der Waals surface area contributed by atoms with Crippen LogP contribution in [0.3, 0.4) is 0 Å². The van der Waals surface area contributed by atoms with Crippen LogP contribution in [0.4, 0.5) is 22.0 Å². The third-order valence-electron chi connectivity index (χ3n) is 2.20. The molecular formula is C10H15F5OS. The molecule has 0 bridgehead atoms. The second kappa shape index (κ2) is 6.56. The molecule has 1 unspecified atom stereocenters. The third-order valence-corrected chi connectivity index (χ3v) is 3.22. The number of hydrogen-bond donors (Lipinski definition) is 0. The highest BCUT2D eigenvalue weighted by Crippen LogP contribution is 2.38. The molecule has 0 spiro atoms. The van der Waals surface area contributed by atoms with E-state index < -0.39 is 30.9 Å². The summed E-state index contributed by atoms with van der Waals surface area (Å²) >= 11 is 0.608. The zero-order valence-corrected chi connectivity index (χ0v) is 10.4. The normalized spacial score (nSPS) is 14.8. The van der Waals surface area contributed by atoms with Gasteiger partial charge in [0.05, 0.1) is 0 Å². The number of hydrogen-bond acceptors (Lipinski definition) is 2. The lowest BCUT2D eigenvalue weighted by Gasteiger charge is -2.26. The lowest BCUT2D eigenvalue weighted by molar-refractivity contribution is -0.182. The molecule has 17 heavy (non-hydrogen) atoms. The van der Waals surface area contributed by atoms with Crippen LogP contribution in [0.25, 0.3) is 0 Å². The Morgan fingerprint density at radius 2 is 1.71 bits per heavy atom. The van der Waals surface area contributed by atoms with Crippen LogP contribution in [0.2, 0.25) is 0 Å². The molecule has 1 atom stereocenters. The maximum atomic E-state index is 13.1. The molecule has 7 heteroatoms. The largest absolute Gasteiger partial charge is 0.287 e. The Hall–Kier alpha value is -0.330. The molecular weight excluding hydrogens is 263 g/mol. The van der Waals surface area contributed by atoms with Crippen LogP contribution < -0.4 is 0 Å². The van der Waals surface area contributed by atoms with Gasteiger partial charge in [0, 0.05) is 25.0 Å². The maximum absolute atomic E-state index is 13.1. The summed E-state index contributed by atoms with van der Waals surface area (Å²) in [5.74, 6) is -8.51. The first-order chi connectivity index (χ1) is 7.67. The van der Waals surface area contributed by atoms with Crippen LogP contribution in [0.5, 0.6) is 0 Å². The van der Waals surface area contributed by atoms with Crippen LogP contribution >= 0.6 is 11.8 Å². The fraction of sp³-hybridized carbons (Fsp3) is 0.900. The topological polar surface area (TPSA) is 17.1 Å². The molecule has 102 valence electrons. The molecule has 0 N–H and O–H groups in total. The van der Waals surface area contributed by atoms with Gasteiger partial charge in [-0.2, -0.15) is 0 Å². The summed E-state index contributed by atoms with van der Waals surface area (Å²) in [6.07, 6.45) is -5.39. The molecule has 0 aliphatic rings. The summed E-state index contributed by atoms with van der Waals surface area (Å²) in [6, 6.07) is 0. The summed E-state index contributed by atoms with van der Waals surface area (Å²) in [5.41, 5.74) is 0. The van der Waals surface area contributed by atoms with Crippen molar-refractivity contribution in [2.24, 2.45) is 0 Å². The Morgan fingerprint density at radius 1 is 1.18 bits per heavy atom. The van der Waals surface area contributed by atoms with E-state index in [9.17, 15) is 26.7 Å². The minimum Gasteiger partial charge on any atom is -0.287 e. The van der Waals surface area contributed by atoms with Gasteiger partial charge < -0.3 is 0 Å². The van der Waals surface area contributed by atoms with Crippen LogP contribution in [0.15, 0.2) is 0 Å². The van der Waals surface area contributed by atoms with Crippen molar-refractivity contribution < 1.29 is 26.7 Å². The molecule has 0 aliphatic carbocycles. The van der Waals surface area contributed by atoms with E-state index in [0.717, 1.165) is 6.92 Å². The van der Waals surface area contributed by atoms with Crippen molar-refractivity contribution in [3.63, 3.8) is 0 Å². The number of halogens is 5. The molecule has 0 aromatic carbocycles. The number of carbonyl (C=O) groups is 1. The Morgan fingerprint density at radius 3 is 2.12 bits per heavy atom. The fourth-order valence-corrected chi connectivity index (χ4v) is 1.82. The number of alkyl halides is 5. The fourth-order valence-electron chi connectivity index (χ4n) is 1.02. The maximum Gasteiger partial charge on any atom is 0.285 e. The lowest BCUT2D eigenvalue weighted by atomic mass is 10.0. The van der Waals surface area contributed by atoms with Crippen molar-refractivity contribution in [2.75, 3.05) is 5.75 Å². The standard InChI is InChI=1S/C10H15F5OS/c1-3-7(16)17-6-5-10(14,15)8(11)9(12,13)4-2/h8H,3-6H2,1-2H3. The van der Waals surface area contributed by atoms with Crippen LogP contribution in [0, 0.1) is 0 Å². The quantitative estimate of drug-likeness (QED) is 0.653. The Bertz CT molecular complexity index is 257. The van der Waals surface area contributed by atoms with Crippen molar-refractivity contribution in [1.29, 1.82) is 0 Å². The molecule has 0 aromatic heterocycles. The predicted molar refractivity (Wildman–Crippen MR) is 57.5 cm³/mol. The van der Waals surface area contributed by atoms with Gasteiger partial charge in [-0.25, -0.2) is 22.0 Å². The van der Waals surface area contributed by atoms with Crippen molar-refractivity contribution in [3.05, 3.63) is 0 Å². The molecule has 0 amide bonds. The van der Waals surface area contributed by atoms with Gasteiger partial charge in [0.2, 0.25) is 6.17 Å². The summed E-state index contributed by atoms with van der Waals surface area (Å²) < 4.78 is 64.7. The van der Waals surface area contributed by atoms with Crippen molar-refractivity contribution >= 4 is 16.9 Å². The van der Waals surface area contributed by atoms with Crippen molar-refractivity contribution in [1.82, 2.24) is 0 Å². The predicted octanol–water partition coefficient (Wildman–Crippen LogP) is 4.07. The van der Waals surface area contributed by atoms with E-state index >= 15 is 0 Å². The molecule has 0 radical (unpaired) electrons. The average molecular weight is 278 g/mol. The van der Waals surface area contributed by atoms with Gasteiger partial charge in [0.25, 0.3) is 11.8 Å². The monoisotopic (exact) mass is 278 g/mol. The molecule has 0 saturated heterocycles. The minimum atomic E-state index is -4.11. The highest BCUT2D eigenvalue weighted by molar-refractivity contribution is 8.13. The van der Waals surface area contributed by atoms with Crippen LogP contribution in [-0.4, -0.2) is 28.9 Å². The summed E-state index contributed by atoms with van der Waals surface area (Å²) in [7, 11) is 0. The van der Waals surface area contributed by atoms with E-state index in [1.165, 1.54) is 0 Å². The van der Waals surface area contributed by atoms with Crippen molar-refractivity contribution in [2.45, 2.75) is 51.1 Å². The van der Waals surface area contributed by atoms with Gasteiger partial charge in [0.15, 0.2) is 5.12 Å². The number of rotatable bonds is 7. The van der Waals surface area contributed by atoms with Crippen LogP contribution in [0.1, 0.15) is 33.1 Å². The molecule has 0 heterocycles. The minimum absolute atomic E-state index is 0.167. The molecule has 0 aromatic rings. The van der Waals surface area contributed by atoms with E-state index in [0.29, 0.717) is 11.8 Å². The Labute approximate surface area is 101 Å². The van der Waals surface area contributed by atoms with E-state index in [4.69, 9.17) is 0 Å². The van der Waals surface area contributed by atoms with Gasteiger partial charge in [-0.15, -0.1) is 0 Å². The van der Waals surface area contributed by atoms with E-state index in [-0.39, 0.29) is 17.3 Å². The molecule has 0 rings (SSSR count). The molecule has 0 saturated carbocycles. The second-order valence-corrected chi connectivity index (χ2v) is 4.71. The van der Waals surface area contributed by atoms with Gasteiger partial charge in [-0.05, 0) is 0 Å². The summed E-state index contributed by atoms with van der Waals surface area (Å²) in [4.78, 5) is 10.8. The summed E-state index contributed by atoms with van der Waals surface area (Å²) in [6.45, 7) is 2.49. The first kappa shape index (κ1) is 16.7. The van der Waals surface area contributed by atoms with Gasteiger partial charge in [-0.3, -0.25) is 4.79 Å². The van der Waals surface area contributed by atoms with Crippen LogP contribution in [-0.2, 0) is 4.79 Å². The van der Waals surface area contributed by atoms with Gasteiger partial charge >= 0.3 is 0 Å². The van der Waals surface area contributed by atoms with Gasteiger partial charge in [0.1, 0.15) is 0 Å². The third kappa shape index (κ3) is 5.23. The Balaban J connectivity index is 4.32. The Kier molecular flexibility index (Phi) is 6.43. The smallest absolute Gasteiger partial charge is 0.285 e. The molecule has 1 nitrogen and oxygen atoms in total. The zero-order chi connectivity index (χ0) is 13.7.